The van der Waals surface area contributed by atoms with E-state index in [4.69, 9.17) is 14.2 Å². The molecule has 1 spiro atoms. The lowest BCUT2D eigenvalue weighted by Crippen LogP contribution is -2.67. The van der Waals surface area contributed by atoms with Crippen molar-refractivity contribution in [1.29, 1.82) is 0 Å². The zero-order valence-electron chi connectivity index (χ0n) is 14.0. The second-order valence-electron chi connectivity index (χ2n) is 6.66. The summed E-state index contributed by atoms with van der Waals surface area (Å²) in [6, 6.07) is 5.67. The molecule has 1 atom stereocenters. The fourth-order valence-corrected chi connectivity index (χ4v) is 3.47. The van der Waals surface area contributed by atoms with E-state index in [0.29, 0.717) is 24.8 Å². The first-order valence-electron chi connectivity index (χ1n) is 8.39. The second-order valence-corrected chi connectivity index (χ2v) is 6.66. The molecule has 0 N–H and O–H groups in total. The molecule has 2 saturated heterocycles. The Kier molecular flexibility index (Phi) is 5.36. The first-order chi connectivity index (χ1) is 11.6. The summed E-state index contributed by atoms with van der Waals surface area (Å²) in [6.45, 7) is 2.75. The molecule has 6 heteroatoms. The number of likely N-dealkylation sites (tertiary alicyclic amines) is 1. The molecule has 2 aliphatic rings. The molecular weight excluding hydrogens is 313 g/mol. The summed E-state index contributed by atoms with van der Waals surface area (Å²) in [5.41, 5.74) is -0.178. The van der Waals surface area contributed by atoms with Crippen LogP contribution in [0.4, 0.5) is 4.39 Å². The Bertz CT molecular complexity index is 557. The smallest absolute Gasteiger partial charge is 0.260 e. The van der Waals surface area contributed by atoms with E-state index in [1.165, 1.54) is 24.3 Å². The Morgan fingerprint density at radius 2 is 2.12 bits per heavy atom. The molecule has 1 amide bonds. The van der Waals surface area contributed by atoms with Crippen LogP contribution in [0.25, 0.3) is 0 Å². The maximum Gasteiger partial charge on any atom is 0.260 e. The van der Waals surface area contributed by atoms with Crippen LogP contribution in [0.1, 0.15) is 19.3 Å². The summed E-state index contributed by atoms with van der Waals surface area (Å²) in [4.78, 5) is 14.0. The average molecular weight is 337 g/mol. The number of hydrogen-bond acceptors (Lipinski definition) is 4. The molecule has 1 aromatic rings. The van der Waals surface area contributed by atoms with Crippen LogP contribution in [0.2, 0.25) is 0 Å². The molecule has 0 radical (unpaired) electrons. The average Bonchev–Trinajstić information content (AvgIpc) is 2.57. The highest BCUT2D eigenvalue weighted by molar-refractivity contribution is 5.79. The number of methoxy groups -OCH3 is 1. The number of hydrogen-bond donors (Lipinski definition) is 0. The molecule has 0 aromatic heterocycles. The van der Waals surface area contributed by atoms with Gasteiger partial charge < -0.3 is 19.1 Å². The number of amides is 1. The molecule has 0 saturated carbocycles. The SMILES string of the molecule is COCCC1CCOC2(C1)CN(C(=O)COc1ccc(F)cc1)C2. The Morgan fingerprint density at radius 1 is 1.38 bits per heavy atom. The molecule has 0 bridgehead atoms. The van der Waals surface area contributed by atoms with Crippen LogP contribution in [-0.2, 0) is 14.3 Å². The van der Waals surface area contributed by atoms with E-state index in [2.05, 4.69) is 0 Å². The molecule has 132 valence electrons. The third kappa shape index (κ3) is 4.05. The molecule has 0 aliphatic carbocycles. The molecule has 24 heavy (non-hydrogen) atoms. The number of benzene rings is 1. The number of carbonyl (C=O) groups is 1. The summed E-state index contributed by atoms with van der Waals surface area (Å²) in [7, 11) is 1.72. The van der Waals surface area contributed by atoms with E-state index in [1.54, 1.807) is 12.0 Å². The van der Waals surface area contributed by atoms with Gasteiger partial charge in [-0.1, -0.05) is 0 Å². The summed E-state index contributed by atoms with van der Waals surface area (Å²) in [5.74, 6) is 0.711. The van der Waals surface area contributed by atoms with Gasteiger partial charge in [-0.3, -0.25) is 4.79 Å². The van der Waals surface area contributed by atoms with Gasteiger partial charge in [-0.25, -0.2) is 4.39 Å². The minimum absolute atomic E-state index is 0.0329. The van der Waals surface area contributed by atoms with E-state index in [0.717, 1.165) is 32.5 Å². The topological polar surface area (TPSA) is 48.0 Å². The molecule has 3 rings (SSSR count). The lowest BCUT2D eigenvalue weighted by Gasteiger charge is -2.53. The van der Waals surface area contributed by atoms with Crippen LogP contribution in [0.15, 0.2) is 24.3 Å². The maximum atomic E-state index is 12.8. The quantitative estimate of drug-likeness (QED) is 0.799. The standard InChI is InChI=1S/C18H24FNO4/c1-22-8-6-14-7-9-24-18(10-14)12-20(13-18)17(21)11-23-16-4-2-15(19)3-5-16/h2-5,14H,6-13H2,1H3. The minimum Gasteiger partial charge on any atom is -0.484 e. The van der Waals surface area contributed by atoms with Gasteiger partial charge in [0.15, 0.2) is 6.61 Å². The summed E-state index contributed by atoms with van der Waals surface area (Å²) >= 11 is 0. The van der Waals surface area contributed by atoms with Crippen LogP contribution >= 0.6 is 0 Å². The summed E-state index contributed by atoms with van der Waals surface area (Å²) < 4.78 is 29.4. The fourth-order valence-electron chi connectivity index (χ4n) is 3.47. The van der Waals surface area contributed by atoms with Crippen LogP contribution in [0, 0.1) is 11.7 Å². The zero-order chi connectivity index (χ0) is 17.0. The third-order valence-electron chi connectivity index (χ3n) is 4.81. The van der Waals surface area contributed by atoms with Gasteiger partial charge in [0.2, 0.25) is 0 Å². The Balaban J connectivity index is 1.43. The van der Waals surface area contributed by atoms with Crippen molar-refractivity contribution in [3.05, 3.63) is 30.1 Å². The van der Waals surface area contributed by atoms with Gasteiger partial charge >= 0.3 is 0 Å². The molecule has 1 aromatic carbocycles. The fraction of sp³-hybridized carbons (Fsp3) is 0.611. The van der Waals surface area contributed by atoms with E-state index >= 15 is 0 Å². The molecule has 2 heterocycles. The van der Waals surface area contributed by atoms with Crippen molar-refractivity contribution in [3.63, 3.8) is 0 Å². The van der Waals surface area contributed by atoms with E-state index in [1.807, 2.05) is 0 Å². The normalized spacial score (nSPS) is 22.2. The molecule has 2 aliphatic heterocycles. The van der Waals surface area contributed by atoms with Crippen molar-refractivity contribution in [2.75, 3.05) is 40.0 Å². The maximum absolute atomic E-state index is 12.8. The van der Waals surface area contributed by atoms with Crippen molar-refractivity contribution in [3.8, 4) is 5.75 Å². The predicted molar refractivity (Wildman–Crippen MR) is 86.4 cm³/mol. The number of ether oxygens (including phenoxy) is 3. The van der Waals surface area contributed by atoms with Gasteiger partial charge in [0.05, 0.1) is 13.1 Å². The van der Waals surface area contributed by atoms with E-state index in [9.17, 15) is 9.18 Å². The van der Waals surface area contributed by atoms with Crippen molar-refractivity contribution in [2.24, 2.45) is 5.92 Å². The van der Waals surface area contributed by atoms with Crippen molar-refractivity contribution in [2.45, 2.75) is 24.9 Å². The molecular formula is C18H24FNO4. The number of halogens is 1. The van der Waals surface area contributed by atoms with Crippen LogP contribution in [-0.4, -0.2) is 56.4 Å². The van der Waals surface area contributed by atoms with Gasteiger partial charge in [-0.05, 0) is 49.4 Å². The second kappa shape index (κ2) is 7.49. The van der Waals surface area contributed by atoms with Gasteiger partial charge in [-0.15, -0.1) is 0 Å². The van der Waals surface area contributed by atoms with Gasteiger partial charge in [0, 0.05) is 20.3 Å². The summed E-state index contributed by atoms with van der Waals surface area (Å²) in [6.07, 6.45) is 3.09. The zero-order valence-corrected chi connectivity index (χ0v) is 14.0. The largest absolute Gasteiger partial charge is 0.484 e. The van der Waals surface area contributed by atoms with Crippen LogP contribution in [0.5, 0.6) is 5.75 Å². The van der Waals surface area contributed by atoms with Crippen molar-refractivity contribution < 1.29 is 23.4 Å². The highest BCUT2D eigenvalue weighted by Gasteiger charge is 2.49. The van der Waals surface area contributed by atoms with Crippen molar-refractivity contribution >= 4 is 5.91 Å². The third-order valence-corrected chi connectivity index (χ3v) is 4.81. The van der Waals surface area contributed by atoms with E-state index in [-0.39, 0.29) is 23.9 Å². The first kappa shape index (κ1) is 17.2. The van der Waals surface area contributed by atoms with Gasteiger partial charge in [0.25, 0.3) is 5.91 Å². The Labute approximate surface area is 141 Å². The van der Waals surface area contributed by atoms with Crippen LogP contribution < -0.4 is 4.74 Å². The molecule has 2 fully saturated rings. The lowest BCUT2D eigenvalue weighted by molar-refractivity contribution is -0.190. The van der Waals surface area contributed by atoms with Gasteiger partial charge in [-0.2, -0.15) is 0 Å². The van der Waals surface area contributed by atoms with E-state index < -0.39 is 0 Å². The minimum atomic E-state index is -0.323. The highest BCUT2D eigenvalue weighted by Crippen LogP contribution is 2.38. The molecule has 5 nitrogen and oxygen atoms in total. The number of rotatable bonds is 6. The molecule has 1 unspecified atom stereocenters. The number of nitrogens with zero attached hydrogens (tertiary/aromatic N) is 1. The Morgan fingerprint density at radius 3 is 2.83 bits per heavy atom. The first-order valence-corrected chi connectivity index (χ1v) is 8.39. The van der Waals surface area contributed by atoms with Crippen LogP contribution in [0.3, 0.4) is 0 Å². The summed E-state index contributed by atoms with van der Waals surface area (Å²) in [5, 5.41) is 0. The predicted octanol–water partition coefficient (Wildman–Crippen LogP) is 2.25. The monoisotopic (exact) mass is 337 g/mol. The van der Waals surface area contributed by atoms with Crippen molar-refractivity contribution in [1.82, 2.24) is 4.90 Å². The van der Waals surface area contributed by atoms with Gasteiger partial charge in [0.1, 0.15) is 17.2 Å². The lowest BCUT2D eigenvalue weighted by atomic mass is 9.79. The highest BCUT2D eigenvalue weighted by atomic mass is 19.1. The number of carbonyl (C=O) groups excluding carboxylic acids is 1. The Hall–Kier alpha value is -1.66.